The Morgan fingerprint density at radius 3 is 2.37 bits per heavy atom. The quantitative estimate of drug-likeness (QED) is 0.0956. The van der Waals surface area contributed by atoms with Crippen LogP contribution in [-0.2, 0) is 23.1 Å². The number of nitrogens with one attached hydrogen (secondary N) is 1. The first-order valence-corrected chi connectivity index (χ1v) is 12.1. The van der Waals surface area contributed by atoms with E-state index in [0.717, 1.165) is 0 Å². The summed E-state index contributed by atoms with van der Waals surface area (Å²) < 4.78 is 95.8. The van der Waals surface area contributed by atoms with Crippen molar-refractivity contribution >= 4 is 11.5 Å². The molecule has 1 aromatic carbocycles. The Hall–Kier alpha value is -4.27. The van der Waals surface area contributed by atoms with Crippen molar-refractivity contribution in [1.82, 2.24) is 15.2 Å². The lowest BCUT2D eigenvalue weighted by Crippen LogP contribution is -2.45. The summed E-state index contributed by atoms with van der Waals surface area (Å²) in [7, 11) is 0. The average Bonchev–Trinajstić information content (AvgIpc) is 3.38. The van der Waals surface area contributed by atoms with Crippen LogP contribution in [0, 0.1) is 10.1 Å². The van der Waals surface area contributed by atoms with Gasteiger partial charge in [-0.2, -0.15) is 26.3 Å². The smallest absolute Gasteiger partial charge is 0.415 e. The van der Waals surface area contributed by atoms with E-state index >= 15 is 0 Å². The van der Waals surface area contributed by atoms with E-state index in [9.17, 15) is 36.5 Å². The van der Waals surface area contributed by atoms with Crippen molar-refractivity contribution in [2.24, 2.45) is 0 Å². The molecule has 41 heavy (non-hydrogen) atoms. The van der Waals surface area contributed by atoms with Crippen LogP contribution in [0.3, 0.4) is 0 Å². The van der Waals surface area contributed by atoms with Gasteiger partial charge < -0.3 is 14.5 Å². The third-order valence-corrected chi connectivity index (χ3v) is 5.87. The summed E-state index contributed by atoms with van der Waals surface area (Å²) in [6.45, 7) is 7.92. The monoisotopic (exact) mass is 585 g/mol. The molecule has 0 fully saturated rings. The molecule has 0 aliphatic heterocycles. The van der Waals surface area contributed by atoms with Gasteiger partial charge in [0.25, 0.3) is 11.8 Å². The number of halogens is 6. The minimum absolute atomic E-state index is 0.201. The number of anilines is 1. The van der Waals surface area contributed by atoms with Gasteiger partial charge in [0, 0.05) is 12.1 Å². The van der Waals surface area contributed by atoms with E-state index < -0.39 is 76.5 Å². The maximum absolute atomic E-state index is 14.6. The highest BCUT2D eigenvalue weighted by Crippen LogP contribution is 2.47. The van der Waals surface area contributed by atoms with Crippen LogP contribution in [0.25, 0.3) is 11.6 Å². The normalized spacial score (nSPS) is 14.2. The predicted molar refractivity (Wildman–Crippen MR) is 135 cm³/mol. The van der Waals surface area contributed by atoms with E-state index in [4.69, 9.17) is 9.15 Å². The van der Waals surface area contributed by atoms with Crippen LogP contribution >= 0.6 is 0 Å². The number of alkyl halides is 6. The number of nitro groups is 1. The Morgan fingerprint density at radius 2 is 1.80 bits per heavy atom. The topological polar surface area (TPSA) is 116 Å². The minimum Gasteiger partial charge on any atom is -0.415 e. The molecular formula is C26H25F6N5O4. The van der Waals surface area contributed by atoms with Crippen molar-refractivity contribution in [3.05, 3.63) is 88.8 Å². The number of pyridine rings is 1. The first kappa shape index (κ1) is 31.3. The van der Waals surface area contributed by atoms with Crippen LogP contribution in [0.5, 0.6) is 0 Å². The third-order valence-electron chi connectivity index (χ3n) is 5.87. The fourth-order valence-corrected chi connectivity index (χ4v) is 3.82. The second-order valence-corrected chi connectivity index (χ2v) is 8.92. The Labute approximate surface area is 230 Å². The molecule has 0 amide bonds. The third kappa shape index (κ3) is 7.09. The second kappa shape index (κ2) is 12.5. The number of hydrogen-bond acceptors (Lipinski definition) is 8. The van der Waals surface area contributed by atoms with Gasteiger partial charge in [0.2, 0.25) is 11.3 Å². The van der Waals surface area contributed by atoms with E-state index in [2.05, 4.69) is 33.7 Å². The highest BCUT2D eigenvalue weighted by Gasteiger charge is 2.61. The van der Waals surface area contributed by atoms with Crippen molar-refractivity contribution in [2.45, 2.75) is 56.8 Å². The molecule has 1 N–H and O–H groups in total. The van der Waals surface area contributed by atoms with E-state index in [1.54, 1.807) is 18.2 Å². The maximum atomic E-state index is 14.6. The molecule has 0 saturated heterocycles. The van der Waals surface area contributed by atoms with Gasteiger partial charge in [-0.05, 0) is 31.7 Å². The molecule has 9 nitrogen and oxygen atoms in total. The van der Waals surface area contributed by atoms with Crippen molar-refractivity contribution in [3.8, 4) is 11.6 Å². The van der Waals surface area contributed by atoms with Crippen LogP contribution in [0.2, 0.25) is 0 Å². The molecule has 2 aromatic heterocycles. The summed E-state index contributed by atoms with van der Waals surface area (Å²) in [6, 6.07) is 7.48. The Balaban J connectivity index is 2.18. The van der Waals surface area contributed by atoms with Gasteiger partial charge in [0.05, 0.1) is 11.5 Å². The highest BCUT2D eigenvalue weighted by molar-refractivity contribution is 5.68. The number of rotatable bonds is 13. The molecule has 0 saturated carbocycles. The second-order valence-electron chi connectivity index (χ2n) is 8.92. The fraction of sp³-hybridized carbons (Fsp3) is 0.346. The molecule has 220 valence electrons. The highest BCUT2D eigenvalue weighted by atomic mass is 19.4. The molecular weight excluding hydrogens is 560 g/mol. The van der Waals surface area contributed by atoms with Crippen molar-refractivity contribution in [1.29, 1.82) is 0 Å². The van der Waals surface area contributed by atoms with Gasteiger partial charge in [-0.3, -0.25) is 10.1 Å². The SMILES string of the molecule is C=CCCC(OCc1ccccc1)(c1nnc(-c2nc(NC(C)CC=C)c(C(F)(F)F)cc2[N+](=O)[O-])o1)C(F)(F)F. The molecule has 2 heterocycles. The number of ether oxygens (including phenoxy) is 1. The Kier molecular flexibility index (Phi) is 9.53. The first-order valence-electron chi connectivity index (χ1n) is 12.1. The maximum Gasteiger partial charge on any atom is 0.426 e. The predicted octanol–water partition coefficient (Wildman–Crippen LogP) is 7.38. The number of benzene rings is 1. The summed E-state index contributed by atoms with van der Waals surface area (Å²) in [5.74, 6) is -2.83. The van der Waals surface area contributed by atoms with Gasteiger partial charge in [0.15, 0.2) is 0 Å². The molecule has 3 rings (SSSR count). The first-order chi connectivity index (χ1) is 19.2. The number of nitrogens with zero attached hydrogens (tertiary/aromatic N) is 4. The summed E-state index contributed by atoms with van der Waals surface area (Å²) in [5, 5.41) is 21.2. The molecule has 3 aromatic rings. The lowest BCUT2D eigenvalue weighted by Gasteiger charge is -2.32. The van der Waals surface area contributed by atoms with Gasteiger partial charge in [-0.15, -0.1) is 23.4 Å². The average molecular weight is 586 g/mol. The van der Waals surface area contributed by atoms with Crippen LogP contribution in [0.4, 0.5) is 37.8 Å². The van der Waals surface area contributed by atoms with Crippen molar-refractivity contribution in [2.75, 3.05) is 5.32 Å². The van der Waals surface area contributed by atoms with Gasteiger partial charge in [-0.1, -0.05) is 42.5 Å². The van der Waals surface area contributed by atoms with Gasteiger partial charge >= 0.3 is 18.0 Å². The lowest BCUT2D eigenvalue weighted by atomic mass is 9.96. The van der Waals surface area contributed by atoms with Crippen molar-refractivity contribution < 1.29 is 40.4 Å². The zero-order valence-corrected chi connectivity index (χ0v) is 21.6. The van der Waals surface area contributed by atoms with E-state index in [1.807, 2.05) is 0 Å². The zero-order valence-electron chi connectivity index (χ0n) is 21.6. The van der Waals surface area contributed by atoms with Gasteiger partial charge in [-0.25, -0.2) is 4.98 Å². The largest absolute Gasteiger partial charge is 0.426 e. The van der Waals surface area contributed by atoms with Crippen molar-refractivity contribution in [3.63, 3.8) is 0 Å². The molecule has 0 radical (unpaired) electrons. The van der Waals surface area contributed by atoms with Crippen LogP contribution in [0.15, 0.2) is 66.1 Å². The molecule has 0 bridgehead atoms. The Bertz CT molecular complexity index is 1380. The zero-order chi connectivity index (χ0) is 30.4. The summed E-state index contributed by atoms with van der Waals surface area (Å²) in [4.78, 5) is 14.3. The molecule has 0 aliphatic carbocycles. The minimum atomic E-state index is -5.12. The van der Waals surface area contributed by atoms with Crippen LogP contribution < -0.4 is 5.32 Å². The lowest BCUT2D eigenvalue weighted by molar-refractivity contribution is -0.384. The number of hydrogen-bond donors (Lipinski definition) is 1. The summed E-state index contributed by atoms with van der Waals surface area (Å²) in [6.07, 6.45) is -8.30. The number of allylic oxidation sites excluding steroid dienone is 1. The fourth-order valence-electron chi connectivity index (χ4n) is 3.82. The molecule has 0 spiro atoms. The standard InChI is InChI=1S/C26H25F6N5O4/c1-4-6-13-24(26(30,31)32,40-15-17-11-8-7-9-12-17)23-36-35-22(41-23)20-19(37(38)39)14-18(25(27,28)29)21(34-20)33-16(3)10-5-2/h4-5,7-9,11-12,14,16H,1-2,6,10,13,15H2,3H3,(H,33,34). The van der Waals surface area contributed by atoms with E-state index in [-0.39, 0.29) is 18.9 Å². The molecule has 0 aliphatic rings. The summed E-state index contributed by atoms with van der Waals surface area (Å²) in [5.41, 5.74) is -6.32. The molecule has 15 heteroatoms. The number of aromatic nitrogens is 3. The Morgan fingerprint density at radius 1 is 1.12 bits per heavy atom. The van der Waals surface area contributed by atoms with E-state index in [1.165, 1.54) is 31.2 Å². The molecule has 2 atom stereocenters. The van der Waals surface area contributed by atoms with E-state index in [0.29, 0.717) is 5.56 Å². The van der Waals surface area contributed by atoms with Crippen LogP contribution in [-0.4, -0.2) is 32.3 Å². The molecule has 2 unspecified atom stereocenters. The summed E-state index contributed by atoms with van der Waals surface area (Å²) >= 11 is 0. The van der Waals surface area contributed by atoms with Gasteiger partial charge in [0.1, 0.15) is 11.4 Å². The van der Waals surface area contributed by atoms with Crippen LogP contribution in [0.1, 0.15) is 43.2 Å².